The highest BCUT2D eigenvalue weighted by Gasteiger charge is 2.02. The molecule has 0 aliphatic carbocycles. The van der Waals surface area contributed by atoms with E-state index in [-0.39, 0.29) is 6.03 Å². The van der Waals surface area contributed by atoms with Crippen LogP contribution in [0.2, 0.25) is 0 Å². The lowest BCUT2D eigenvalue weighted by molar-refractivity contribution is 0.100. The van der Waals surface area contributed by atoms with Crippen molar-refractivity contribution >= 4 is 23.7 Å². The van der Waals surface area contributed by atoms with Crippen LogP contribution in [-0.2, 0) is 0 Å². The van der Waals surface area contributed by atoms with E-state index in [0.717, 1.165) is 11.3 Å². The molecule has 0 fully saturated rings. The van der Waals surface area contributed by atoms with E-state index in [1.807, 2.05) is 24.3 Å². The molecular formula is C17H17N3O3. The molecule has 0 aliphatic heterocycles. The molecule has 0 spiro atoms. The maximum atomic E-state index is 11.7. The fourth-order valence-electron chi connectivity index (χ4n) is 1.81. The molecule has 118 valence electrons. The van der Waals surface area contributed by atoms with E-state index in [9.17, 15) is 9.59 Å². The van der Waals surface area contributed by atoms with Crippen molar-refractivity contribution in [1.82, 2.24) is 5.32 Å². The number of ether oxygens (including phenoxy) is 1. The second kappa shape index (κ2) is 7.65. The fraction of sp³-hybridized carbons (Fsp3) is 0.0588. The van der Waals surface area contributed by atoms with Crippen LogP contribution in [0.1, 0.15) is 15.9 Å². The van der Waals surface area contributed by atoms with Crippen molar-refractivity contribution in [3.63, 3.8) is 0 Å². The third-order valence-corrected chi connectivity index (χ3v) is 3.03. The number of methoxy groups -OCH3 is 1. The summed E-state index contributed by atoms with van der Waals surface area (Å²) in [5.74, 6) is 0.260. The molecule has 3 amide bonds. The summed E-state index contributed by atoms with van der Waals surface area (Å²) in [6.07, 6.45) is 3.30. The summed E-state index contributed by atoms with van der Waals surface area (Å²) in [6.45, 7) is 0. The maximum Gasteiger partial charge on any atom is 0.323 e. The van der Waals surface area contributed by atoms with Gasteiger partial charge in [0, 0.05) is 17.5 Å². The monoisotopic (exact) mass is 311 g/mol. The standard InChI is InChI=1S/C17H17N3O3/c1-23-15-8-2-12(3-9-15)10-11-19-17(22)20-14-6-4-13(5-7-14)16(18)21/h2-11H,1H3,(H2,18,21)(H2,19,20,22)/b11-10+. The number of rotatable bonds is 5. The van der Waals surface area contributed by atoms with Gasteiger partial charge in [-0.25, -0.2) is 4.79 Å². The summed E-state index contributed by atoms with van der Waals surface area (Å²) < 4.78 is 5.07. The average molecular weight is 311 g/mol. The van der Waals surface area contributed by atoms with Crippen molar-refractivity contribution in [3.8, 4) is 5.75 Å². The van der Waals surface area contributed by atoms with Gasteiger partial charge in [0.05, 0.1) is 7.11 Å². The molecule has 0 aliphatic rings. The zero-order chi connectivity index (χ0) is 16.7. The molecule has 2 aromatic rings. The lowest BCUT2D eigenvalue weighted by Crippen LogP contribution is -2.23. The van der Waals surface area contributed by atoms with E-state index in [0.29, 0.717) is 11.3 Å². The van der Waals surface area contributed by atoms with E-state index in [2.05, 4.69) is 10.6 Å². The van der Waals surface area contributed by atoms with Gasteiger partial charge < -0.3 is 21.1 Å². The molecule has 4 N–H and O–H groups in total. The maximum absolute atomic E-state index is 11.7. The number of urea groups is 1. The first-order chi connectivity index (χ1) is 11.1. The van der Waals surface area contributed by atoms with Crippen molar-refractivity contribution in [2.24, 2.45) is 5.73 Å². The Labute approximate surface area is 133 Å². The third-order valence-electron chi connectivity index (χ3n) is 3.03. The molecule has 23 heavy (non-hydrogen) atoms. The number of carbonyl (C=O) groups is 2. The van der Waals surface area contributed by atoms with Crippen LogP contribution in [0.3, 0.4) is 0 Å². The number of amides is 3. The highest BCUT2D eigenvalue weighted by molar-refractivity contribution is 5.94. The Hall–Kier alpha value is -3.28. The first-order valence-electron chi connectivity index (χ1n) is 6.86. The van der Waals surface area contributed by atoms with Crippen LogP contribution in [0.5, 0.6) is 5.75 Å². The zero-order valence-electron chi connectivity index (χ0n) is 12.6. The summed E-state index contributed by atoms with van der Waals surface area (Å²) in [7, 11) is 1.60. The molecule has 2 rings (SSSR count). The van der Waals surface area contributed by atoms with Crippen LogP contribution in [0.15, 0.2) is 54.7 Å². The average Bonchev–Trinajstić information content (AvgIpc) is 2.56. The summed E-state index contributed by atoms with van der Waals surface area (Å²) in [5, 5.41) is 5.23. The van der Waals surface area contributed by atoms with E-state index >= 15 is 0 Å². The Bertz CT molecular complexity index is 707. The van der Waals surface area contributed by atoms with E-state index < -0.39 is 5.91 Å². The van der Waals surface area contributed by atoms with E-state index in [1.165, 1.54) is 6.20 Å². The number of hydrogen-bond acceptors (Lipinski definition) is 3. The number of benzene rings is 2. The van der Waals surface area contributed by atoms with Gasteiger partial charge in [0.1, 0.15) is 5.75 Å². The molecule has 0 atom stereocenters. The van der Waals surface area contributed by atoms with Crippen molar-refractivity contribution in [2.75, 3.05) is 12.4 Å². The zero-order valence-corrected chi connectivity index (χ0v) is 12.6. The fourth-order valence-corrected chi connectivity index (χ4v) is 1.81. The number of nitrogens with one attached hydrogen (secondary N) is 2. The Morgan fingerprint density at radius 2 is 1.70 bits per heavy atom. The van der Waals surface area contributed by atoms with Crippen LogP contribution in [0.4, 0.5) is 10.5 Å². The minimum atomic E-state index is -0.511. The molecule has 0 heterocycles. The summed E-state index contributed by atoms with van der Waals surface area (Å²) in [6, 6.07) is 13.3. The van der Waals surface area contributed by atoms with Gasteiger partial charge in [-0.2, -0.15) is 0 Å². The molecule has 0 aromatic heterocycles. The second-order valence-electron chi connectivity index (χ2n) is 4.65. The lowest BCUT2D eigenvalue weighted by atomic mass is 10.2. The van der Waals surface area contributed by atoms with Crippen LogP contribution in [-0.4, -0.2) is 19.0 Å². The largest absolute Gasteiger partial charge is 0.497 e. The number of hydrogen-bond donors (Lipinski definition) is 3. The minimum absolute atomic E-state index is 0.385. The molecule has 0 unspecified atom stereocenters. The smallest absolute Gasteiger partial charge is 0.323 e. The lowest BCUT2D eigenvalue weighted by Gasteiger charge is -2.05. The molecule has 2 aromatic carbocycles. The first-order valence-corrected chi connectivity index (χ1v) is 6.86. The van der Waals surface area contributed by atoms with Gasteiger partial charge in [0.25, 0.3) is 0 Å². The third kappa shape index (κ3) is 4.89. The number of anilines is 1. The Kier molecular flexibility index (Phi) is 5.35. The second-order valence-corrected chi connectivity index (χ2v) is 4.65. The van der Waals surface area contributed by atoms with Crippen LogP contribution in [0.25, 0.3) is 6.08 Å². The van der Waals surface area contributed by atoms with Crippen LogP contribution in [0, 0.1) is 0 Å². The molecule has 6 nitrogen and oxygen atoms in total. The Morgan fingerprint density at radius 1 is 1.04 bits per heavy atom. The highest BCUT2D eigenvalue weighted by atomic mass is 16.5. The predicted octanol–water partition coefficient (Wildman–Crippen LogP) is 2.59. The van der Waals surface area contributed by atoms with Crippen molar-refractivity contribution in [3.05, 3.63) is 65.9 Å². The Morgan fingerprint density at radius 3 is 2.26 bits per heavy atom. The minimum Gasteiger partial charge on any atom is -0.497 e. The first kappa shape index (κ1) is 16.1. The molecular weight excluding hydrogens is 294 g/mol. The number of carbonyl (C=O) groups excluding carboxylic acids is 2. The van der Waals surface area contributed by atoms with Gasteiger partial charge in [0.15, 0.2) is 0 Å². The number of nitrogens with two attached hydrogens (primary N) is 1. The molecule has 0 saturated heterocycles. The predicted molar refractivity (Wildman–Crippen MR) is 89.1 cm³/mol. The highest BCUT2D eigenvalue weighted by Crippen LogP contribution is 2.12. The van der Waals surface area contributed by atoms with Gasteiger partial charge in [-0.05, 0) is 48.0 Å². The SMILES string of the molecule is COc1ccc(/C=C/NC(=O)Nc2ccc(C(N)=O)cc2)cc1. The van der Waals surface area contributed by atoms with E-state index in [1.54, 1.807) is 37.5 Å². The molecule has 0 bridgehead atoms. The summed E-state index contributed by atoms with van der Waals surface area (Å²) in [4.78, 5) is 22.7. The van der Waals surface area contributed by atoms with Crippen molar-refractivity contribution in [1.29, 1.82) is 0 Å². The van der Waals surface area contributed by atoms with Crippen LogP contribution >= 0.6 is 0 Å². The van der Waals surface area contributed by atoms with Gasteiger partial charge in [-0.15, -0.1) is 0 Å². The van der Waals surface area contributed by atoms with Crippen molar-refractivity contribution < 1.29 is 14.3 Å². The van der Waals surface area contributed by atoms with Gasteiger partial charge in [0.2, 0.25) is 5.91 Å². The van der Waals surface area contributed by atoms with Crippen LogP contribution < -0.4 is 21.1 Å². The van der Waals surface area contributed by atoms with E-state index in [4.69, 9.17) is 10.5 Å². The molecule has 0 radical (unpaired) electrons. The molecule has 0 saturated carbocycles. The summed E-state index contributed by atoms with van der Waals surface area (Å²) >= 11 is 0. The quantitative estimate of drug-likeness (QED) is 0.792. The summed E-state index contributed by atoms with van der Waals surface area (Å²) in [5.41, 5.74) is 7.02. The normalized spacial score (nSPS) is 10.3. The van der Waals surface area contributed by atoms with Gasteiger partial charge in [-0.3, -0.25) is 4.79 Å². The molecule has 6 heteroatoms. The topological polar surface area (TPSA) is 93.4 Å². The van der Waals surface area contributed by atoms with Crippen molar-refractivity contribution in [2.45, 2.75) is 0 Å². The Balaban J connectivity index is 1.86. The van der Waals surface area contributed by atoms with Gasteiger partial charge in [-0.1, -0.05) is 12.1 Å². The number of primary amides is 1. The van der Waals surface area contributed by atoms with Gasteiger partial charge >= 0.3 is 6.03 Å².